The van der Waals surface area contributed by atoms with Crippen molar-refractivity contribution in [1.82, 2.24) is 0 Å². The summed E-state index contributed by atoms with van der Waals surface area (Å²) in [5, 5.41) is 3.88. The number of hydrogen-bond acceptors (Lipinski definition) is 3. The van der Waals surface area contributed by atoms with E-state index in [-0.39, 0.29) is 6.04 Å². The number of rotatable bonds is 8. The zero-order chi connectivity index (χ0) is 23.2. The van der Waals surface area contributed by atoms with E-state index >= 15 is 0 Å². The molecule has 0 amide bonds. The molecule has 0 aliphatic heterocycles. The molecule has 0 heterocycles. The van der Waals surface area contributed by atoms with Crippen LogP contribution in [-0.4, -0.2) is 13.7 Å². The Bertz CT molecular complexity index is 1130. The van der Waals surface area contributed by atoms with Crippen molar-refractivity contribution in [2.75, 3.05) is 23.9 Å². The molecule has 4 aromatic carbocycles. The Morgan fingerprint density at radius 3 is 1.85 bits per heavy atom. The number of para-hydroxylation sites is 2. The van der Waals surface area contributed by atoms with Gasteiger partial charge in [-0.05, 0) is 73.9 Å². The lowest BCUT2D eigenvalue weighted by Gasteiger charge is -2.32. The third-order valence-electron chi connectivity index (χ3n) is 5.99. The number of benzene rings is 4. The molecule has 0 fully saturated rings. The maximum atomic E-state index is 5.55. The maximum absolute atomic E-state index is 5.55. The topological polar surface area (TPSA) is 24.5 Å². The van der Waals surface area contributed by atoms with Gasteiger partial charge >= 0.3 is 0 Å². The van der Waals surface area contributed by atoms with Gasteiger partial charge in [0.05, 0.1) is 13.2 Å². The van der Waals surface area contributed by atoms with Gasteiger partial charge in [0.1, 0.15) is 5.75 Å². The first-order valence-electron chi connectivity index (χ1n) is 11.4. The molecule has 0 spiro atoms. The summed E-state index contributed by atoms with van der Waals surface area (Å²) in [6, 6.07) is 34.0. The lowest BCUT2D eigenvalue weighted by atomic mass is 10.0. The summed E-state index contributed by atoms with van der Waals surface area (Å²) in [6.07, 6.45) is 0. The average Bonchev–Trinajstić information content (AvgIpc) is 2.84. The summed E-state index contributed by atoms with van der Waals surface area (Å²) in [7, 11) is 1.72. The average molecular weight is 437 g/mol. The van der Waals surface area contributed by atoms with Gasteiger partial charge in [-0.3, -0.25) is 0 Å². The van der Waals surface area contributed by atoms with E-state index < -0.39 is 0 Å². The molecule has 3 nitrogen and oxygen atoms in total. The number of anilines is 3. The molecule has 0 aliphatic carbocycles. The van der Waals surface area contributed by atoms with Crippen LogP contribution in [-0.2, 0) is 0 Å². The largest absolute Gasteiger partial charge is 0.497 e. The number of hydrogen-bond donors (Lipinski definition) is 1. The van der Waals surface area contributed by atoms with Crippen LogP contribution in [0.2, 0.25) is 0 Å². The Hall–Kier alpha value is -3.72. The van der Waals surface area contributed by atoms with Gasteiger partial charge in [0.15, 0.2) is 0 Å². The second-order valence-electron chi connectivity index (χ2n) is 8.53. The standard InChI is InChI=1S/C30H32N2O/c1-22-18-23(2)30(24(3)19-22)31-29(25-12-11-17-28(20-25)33-4)21-32(26-13-7-5-8-14-26)27-15-9-6-10-16-27/h5-20,29,31H,21H2,1-4H3. The van der Waals surface area contributed by atoms with Crippen molar-refractivity contribution >= 4 is 17.1 Å². The van der Waals surface area contributed by atoms with E-state index in [2.05, 4.69) is 122 Å². The van der Waals surface area contributed by atoms with Gasteiger partial charge in [0.25, 0.3) is 0 Å². The van der Waals surface area contributed by atoms with Crippen molar-refractivity contribution in [1.29, 1.82) is 0 Å². The van der Waals surface area contributed by atoms with Gasteiger partial charge in [-0.1, -0.05) is 66.2 Å². The fourth-order valence-corrected chi connectivity index (χ4v) is 4.43. The lowest BCUT2D eigenvalue weighted by Crippen LogP contribution is -2.28. The van der Waals surface area contributed by atoms with Crippen molar-refractivity contribution < 1.29 is 4.74 Å². The fourth-order valence-electron chi connectivity index (χ4n) is 4.43. The molecule has 33 heavy (non-hydrogen) atoms. The smallest absolute Gasteiger partial charge is 0.119 e. The van der Waals surface area contributed by atoms with E-state index in [0.717, 1.165) is 23.7 Å². The molecule has 0 saturated carbocycles. The van der Waals surface area contributed by atoms with E-state index in [1.165, 1.54) is 27.9 Å². The first kappa shape index (κ1) is 22.5. The Kier molecular flexibility index (Phi) is 6.99. The molecular formula is C30H32N2O. The third-order valence-corrected chi connectivity index (χ3v) is 5.99. The molecule has 168 valence electrons. The molecule has 0 radical (unpaired) electrons. The molecule has 1 N–H and O–H groups in total. The van der Waals surface area contributed by atoms with Gasteiger partial charge in [0.2, 0.25) is 0 Å². The molecule has 3 heteroatoms. The highest BCUT2D eigenvalue weighted by Crippen LogP contribution is 2.33. The predicted octanol–water partition coefficient (Wildman–Crippen LogP) is 7.61. The Labute approximate surface area is 197 Å². The summed E-state index contributed by atoms with van der Waals surface area (Å²) in [5.74, 6) is 0.864. The second-order valence-corrected chi connectivity index (χ2v) is 8.53. The van der Waals surface area contributed by atoms with Crippen LogP contribution < -0.4 is 15.0 Å². The number of ether oxygens (including phenoxy) is 1. The van der Waals surface area contributed by atoms with E-state index in [9.17, 15) is 0 Å². The van der Waals surface area contributed by atoms with Crippen LogP contribution in [0.5, 0.6) is 5.75 Å². The highest BCUT2D eigenvalue weighted by molar-refractivity contribution is 5.65. The molecule has 1 unspecified atom stereocenters. The fraction of sp³-hybridized carbons (Fsp3) is 0.200. The third kappa shape index (κ3) is 5.38. The number of aryl methyl sites for hydroxylation is 3. The summed E-state index contributed by atoms with van der Waals surface area (Å²) >= 11 is 0. The zero-order valence-corrected chi connectivity index (χ0v) is 19.9. The van der Waals surface area contributed by atoms with Gasteiger partial charge in [-0.25, -0.2) is 0 Å². The number of methoxy groups -OCH3 is 1. The summed E-state index contributed by atoms with van der Waals surface area (Å²) < 4.78 is 5.55. The van der Waals surface area contributed by atoms with Crippen molar-refractivity contribution in [2.24, 2.45) is 0 Å². The predicted molar refractivity (Wildman–Crippen MR) is 140 cm³/mol. The molecule has 0 aliphatic rings. The van der Waals surface area contributed by atoms with Crippen LogP contribution in [0.25, 0.3) is 0 Å². The zero-order valence-electron chi connectivity index (χ0n) is 19.9. The van der Waals surface area contributed by atoms with Crippen LogP contribution in [0.15, 0.2) is 97.1 Å². The molecular weight excluding hydrogens is 404 g/mol. The van der Waals surface area contributed by atoms with Crippen molar-refractivity contribution in [2.45, 2.75) is 26.8 Å². The van der Waals surface area contributed by atoms with Crippen molar-refractivity contribution in [3.05, 3.63) is 119 Å². The number of nitrogens with one attached hydrogen (secondary N) is 1. The van der Waals surface area contributed by atoms with Crippen LogP contribution in [0.3, 0.4) is 0 Å². The van der Waals surface area contributed by atoms with E-state index in [1.54, 1.807) is 7.11 Å². The van der Waals surface area contributed by atoms with Gasteiger partial charge < -0.3 is 15.0 Å². The number of nitrogens with zero attached hydrogens (tertiary/aromatic N) is 1. The summed E-state index contributed by atoms with van der Waals surface area (Å²) in [6.45, 7) is 7.26. The monoisotopic (exact) mass is 436 g/mol. The maximum Gasteiger partial charge on any atom is 0.119 e. The van der Waals surface area contributed by atoms with Crippen LogP contribution in [0.1, 0.15) is 28.3 Å². The Morgan fingerprint density at radius 1 is 0.727 bits per heavy atom. The molecule has 0 aromatic heterocycles. The molecule has 4 rings (SSSR count). The highest BCUT2D eigenvalue weighted by Gasteiger charge is 2.20. The second kappa shape index (κ2) is 10.3. The van der Waals surface area contributed by atoms with E-state index in [0.29, 0.717) is 0 Å². The lowest BCUT2D eigenvalue weighted by molar-refractivity contribution is 0.414. The normalized spacial score (nSPS) is 11.6. The minimum absolute atomic E-state index is 0.0422. The molecule has 1 atom stereocenters. The summed E-state index contributed by atoms with van der Waals surface area (Å²) in [4.78, 5) is 2.37. The van der Waals surface area contributed by atoms with Crippen LogP contribution in [0.4, 0.5) is 17.1 Å². The summed E-state index contributed by atoms with van der Waals surface area (Å²) in [5.41, 5.74) is 8.49. The Balaban J connectivity index is 1.78. The minimum Gasteiger partial charge on any atom is -0.497 e. The van der Waals surface area contributed by atoms with Crippen LogP contribution >= 0.6 is 0 Å². The van der Waals surface area contributed by atoms with Gasteiger partial charge in [0, 0.05) is 23.6 Å². The first-order chi connectivity index (χ1) is 16.0. The Morgan fingerprint density at radius 2 is 1.30 bits per heavy atom. The van der Waals surface area contributed by atoms with Crippen molar-refractivity contribution in [3.8, 4) is 5.75 Å². The molecule has 0 bridgehead atoms. The molecule has 0 saturated heterocycles. The van der Waals surface area contributed by atoms with E-state index in [1.807, 2.05) is 6.07 Å². The first-order valence-corrected chi connectivity index (χ1v) is 11.4. The highest BCUT2D eigenvalue weighted by atomic mass is 16.5. The minimum atomic E-state index is 0.0422. The molecule has 4 aromatic rings. The van der Waals surface area contributed by atoms with Gasteiger partial charge in [-0.15, -0.1) is 0 Å². The van der Waals surface area contributed by atoms with Crippen molar-refractivity contribution in [3.63, 3.8) is 0 Å². The van der Waals surface area contributed by atoms with E-state index in [4.69, 9.17) is 4.74 Å². The van der Waals surface area contributed by atoms with Gasteiger partial charge in [-0.2, -0.15) is 0 Å². The quantitative estimate of drug-likeness (QED) is 0.307. The van der Waals surface area contributed by atoms with Crippen LogP contribution in [0, 0.1) is 20.8 Å². The SMILES string of the molecule is COc1cccc(C(CN(c2ccccc2)c2ccccc2)Nc2c(C)cc(C)cc2C)c1.